The van der Waals surface area contributed by atoms with E-state index < -0.39 is 0 Å². The summed E-state index contributed by atoms with van der Waals surface area (Å²) in [5, 5.41) is 0. The molecule has 1 fully saturated rings. The third kappa shape index (κ3) is 3.94. The van der Waals surface area contributed by atoms with Gasteiger partial charge in [0, 0.05) is 5.41 Å². The van der Waals surface area contributed by atoms with Crippen molar-refractivity contribution < 1.29 is 4.79 Å². The van der Waals surface area contributed by atoms with Crippen LogP contribution in [0.15, 0.2) is 0 Å². The normalized spacial score (nSPS) is 20.5. The molecule has 1 aliphatic rings. The van der Waals surface area contributed by atoms with E-state index in [-0.39, 0.29) is 17.2 Å². The molecule has 0 saturated heterocycles. The fourth-order valence-corrected chi connectivity index (χ4v) is 2.40. The number of hydrogen-bond acceptors (Lipinski definition) is 2. The van der Waals surface area contributed by atoms with Gasteiger partial charge in [-0.1, -0.05) is 46.5 Å². The Hall–Kier alpha value is -0.370. The lowest BCUT2D eigenvalue weighted by molar-refractivity contribution is -0.127. The highest BCUT2D eigenvalue weighted by Crippen LogP contribution is 2.29. The topological polar surface area (TPSA) is 43.1 Å². The summed E-state index contributed by atoms with van der Waals surface area (Å²) in [4.78, 5) is 11.8. The monoisotopic (exact) mass is 211 g/mol. The van der Waals surface area contributed by atoms with Crippen molar-refractivity contribution in [2.75, 3.05) is 0 Å². The van der Waals surface area contributed by atoms with Crippen molar-refractivity contribution in [2.24, 2.45) is 17.1 Å². The van der Waals surface area contributed by atoms with Crippen LogP contribution in [-0.2, 0) is 4.79 Å². The van der Waals surface area contributed by atoms with Crippen molar-refractivity contribution in [1.82, 2.24) is 0 Å². The van der Waals surface area contributed by atoms with Crippen LogP contribution in [0.2, 0.25) is 0 Å². The molecule has 0 aromatic rings. The van der Waals surface area contributed by atoms with Crippen molar-refractivity contribution in [3.8, 4) is 0 Å². The molecule has 2 nitrogen and oxygen atoms in total. The van der Waals surface area contributed by atoms with Gasteiger partial charge in [-0.25, -0.2) is 0 Å². The van der Waals surface area contributed by atoms with Gasteiger partial charge in [0.1, 0.15) is 0 Å². The Balaban J connectivity index is 2.28. The molecule has 0 amide bonds. The van der Waals surface area contributed by atoms with Crippen LogP contribution in [0.1, 0.15) is 59.3 Å². The van der Waals surface area contributed by atoms with E-state index >= 15 is 0 Å². The average molecular weight is 211 g/mol. The molecule has 0 spiro atoms. The van der Waals surface area contributed by atoms with E-state index in [1.54, 1.807) is 0 Å². The molecule has 0 aliphatic heterocycles. The summed E-state index contributed by atoms with van der Waals surface area (Å²) in [6.45, 7) is 5.85. The minimum absolute atomic E-state index is 0.209. The predicted octanol–water partition coefficient (Wildman–Crippen LogP) is 2.90. The number of carbonyl (C=O) groups excluding carboxylic acids is 1. The van der Waals surface area contributed by atoms with Gasteiger partial charge in [0.2, 0.25) is 0 Å². The lowest BCUT2D eigenvalue weighted by Gasteiger charge is -2.22. The second-order valence-electron chi connectivity index (χ2n) is 5.95. The molecule has 1 saturated carbocycles. The molecule has 0 bridgehead atoms. The van der Waals surface area contributed by atoms with Crippen molar-refractivity contribution in [1.29, 1.82) is 0 Å². The van der Waals surface area contributed by atoms with Crippen LogP contribution in [0.4, 0.5) is 0 Å². The van der Waals surface area contributed by atoms with E-state index in [1.807, 2.05) is 20.8 Å². The highest BCUT2D eigenvalue weighted by Gasteiger charge is 2.27. The lowest BCUT2D eigenvalue weighted by Crippen LogP contribution is -2.39. The smallest absolute Gasteiger partial charge is 0.154 e. The number of carbonyl (C=O) groups is 1. The number of ketones is 1. The molecule has 15 heavy (non-hydrogen) atoms. The van der Waals surface area contributed by atoms with Crippen LogP contribution in [-0.4, -0.2) is 11.8 Å². The maximum atomic E-state index is 11.8. The highest BCUT2D eigenvalue weighted by atomic mass is 16.1. The first-order chi connectivity index (χ1) is 6.91. The van der Waals surface area contributed by atoms with Crippen LogP contribution >= 0.6 is 0 Å². The molecule has 2 N–H and O–H groups in total. The zero-order valence-corrected chi connectivity index (χ0v) is 10.4. The number of Topliss-reactive ketones (excluding diaryl/α,β-unsaturated/α-hetero) is 1. The van der Waals surface area contributed by atoms with Crippen LogP contribution in [0.3, 0.4) is 0 Å². The molecule has 2 heteroatoms. The SMILES string of the molecule is CC(C)(C)C(=O)C(N)CCC1CCCC1. The van der Waals surface area contributed by atoms with Crippen LogP contribution in [0.25, 0.3) is 0 Å². The summed E-state index contributed by atoms with van der Waals surface area (Å²) in [5.74, 6) is 1.05. The van der Waals surface area contributed by atoms with E-state index in [4.69, 9.17) is 5.73 Å². The van der Waals surface area contributed by atoms with Gasteiger partial charge in [0.05, 0.1) is 6.04 Å². The van der Waals surface area contributed by atoms with E-state index in [0.717, 1.165) is 18.8 Å². The third-order valence-electron chi connectivity index (χ3n) is 3.44. The minimum atomic E-state index is -0.283. The molecule has 0 heterocycles. The van der Waals surface area contributed by atoms with Crippen molar-refractivity contribution in [2.45, 2.75) is 65.3 Å². The van der Waals surface area contributed by atoms with Gasteiger partial charge in [-0.2, -0.15) is 0 Å². The fraction of sp³-hybridized carbons (Fsp3) is 0.923. The second-order valence-corrected chi connectivity index (χ2v) is 5.95. The summed E-state index contributed by atoms with van der Waals surface area (Å²) in [7, 11) is 0. The quantitative estimate of drug-likeness (QED) is 0.777. The van der Waals surface area contributed by atoms with E-state index in [1.165, 1.54) is 25.7 Å². The van der Waals surface area contributed by atoms with Crippen LogP contribution in [0.5, 0.6) is 0 Å². The molecule has 0 aromatic carbocycles. The highest BCUT2D eigenvalue weighted by molar-refractivity contribution is 5.88. The largest absolute Gasteiger partial charge is 0.321 e. The minimum Gasteiger partial charge on any atom is -0.321 e. The van der Waals surface area contributed by atoms with Gasteiger partial charge in [-0.15, -0.1) is 0 Å². The first-order valence-electron chi connectivity index (χ1n) is 6.21. The van der Waals surface area contributed by atoms with Gasteiger partial charge in [0.25, 0.3) is 0 Å². The first kappa shape index (κ1) is 12.7. The standard InChI is InChI=1S/C13H25NO/c1-13(2,3)12(15)11(14)9-8-10-6-4-5-7-10/h10-11H,4-9,14H2,1-3H3. The van der Waals surface area contributed by atoms with Gasteiger partial charge in [-0.3, -0.25) is 4.79 Å². The Bertz CT molecular complexity index is 211. The van der Waals surface area contributed by atoms with Gasteiger partial charge >= 0.3 is 0 Å². The Morgan fingerprint density at radius 3 is 2.33 bits per heavy atom. The van der Waals surface area contributed by atoms with E-state index in [9.17, 15) is 4.79 Å². The fourth-order valence-electron chi connectivity index (χ4n) is 2.40. The van der Waals surface area contributed by atoms with E-state index in [2.05, 4.69) is 0 Å². The summed E-state index contributed by atoms with van der Waals surface area (Å²) in [5.41, 5.74) is 5.65. The number of hydrogen-bond donors (Lipinski definition) is 1. The summed E-state index contributed by atoms with van der Waals surface area (Å²) >= 11 is 0. The molecule has 1 rings (SSSR count). The molecular weight excluding hydrogens is 186 g/mol. The molecule has 1 unspecified atom stereocenters. The van der Waals surface area contributed by atoms with Gasteiger partial charge in [0.15, 0.2) is 5.78 Å². The molecule has 0 radical (unpaired) electrons. The van der Waals surface area contributed by atoms with Crippen molar-refractivity contribution in [3.63, 3.8) is 0 Å². The summed E-state index contributed by atoms with van der Waals surface area (Å²) < 4.78 is 0. The van der Waals surface area contributed by atoms with Crippen molar-refractivity contribution in [3.05, 3.63) is 0 Å². The molecular formula is C13H25NO. The first-order valence-corrected chi connectivity index (χ1v) is 6.21. The van der Waals surface area contributed by atoms with E-state index in [0.29, 0.717) is 0 Å². The molecule has 1 aliphatic carbocycles. The van der Waals surface area contributed by atoms with Gasteiger partial charge in [-0.05, 0) is 18.8 Å². The second kappa shape index (κ2) is 5.11. The van der Waals surface area contributed by atoms with Gasteiger partial charge < -0.3 is 5.73 Å². The molecule has 0 aromatic heterocycles. The zero-order chi connectivity index (χ0) is 11.5. The number of nitrogens with two attached hydrogens (primary N) is 1. The Kier molecular flexibility index (Phi) is 4.32. The van der Waals surface area contributed by atoms with Crippen molar-refractivity contribution >= 4 is 5.78 Å². The Morgan fingerprint density at radius 1 is 1.33 bits per heavy atom. The maximum absolute atomic E-state index is 11.8. The predicted molar refractivity (Wildman–Crippen MR) is 63.6 cm³/mol. The molecule has 1 atom stereocenters. The van der Waals surface area contributed by atoms with Crippen LogP contribution in [0, 0.1) is 11.3 Å². The lowest BCUT2D eigenvalue weighted by atomic mass is 9.84. The van der Waals surface area contributed by atoms with Crippen LogP contribution < -0.4 is 5.73 Å². The number of rotatable bonds is 4. The summed E-state index contributed by atoms with van der Waals surface area (Å²) in [6, 6.07) is -0.245. The Labute approximate surface area is 93.6 Å². The summed E-state index contributed by atoms with van der Waals surface area (Å²) in [6.07, 6.45) is 7.44. The molecule has 88 valence electrons. The maximum Gasteiger partial charge on any atom is 0.154 e. The third-order valence-corrected chi connectivity index (χ3v) is 3.44. The average Bonchev–Trinajstić information content (AvgIpc) is 2.63. The zero-order valence-electron chi connectivity index (χ0n) is 10.4. The Morgan fingerprint density at radius 2 is 1.87 bits per heavy atom.